The summed E-state index contributed by atoms with van der Waals surface area (Å²) in [6.07, 6.45) is 0.786. The first-order valence-corrected chi connectivity index (χ1v) is 9.00. The number of ether oxygens (including phenoxy) is 1. The lowest BCUT2D eigenvalue weighted by molar-refractivity contribution is 0.0327. The predicted octanol–water partition coefficient (Wildman–Crippen LogP) is 4.66. The van der Waals surface area contributed by atoms with Crippen molar-refractivity contribution in [1.82, 2.24) is 9.88 Å². The van der Waals surface area contributed by atoms with Gasteiger partial charge in [0.25, 0.3) is 0 Å². The van der Waals surface area contributed by atoms with E-state index in [-0.39, 0.29) is 12.1 Å². The molecule has 1 aliphatic rings. The van der Waals surface area contributed by atoms with E-state index in [0.29, 0.717) is 38.2 Å². The number of hydrogen-bond acceptors (Lipinski definition) is 5. The number of halogens is 2. The summed E-state index contributed by atoms with van der Waals surface area (Å²) in [6.45, 7) is 1.70. The Kier molecular flexibility index (Phi) is 4.61. The molecule has 0 spiro atoms. The van der Waals surface area contributed by atoms with Gasteiger partial charge in [0.15, 0.2) is 5.58 Å². The number of likely N-dealkylation sites (N-methyl/N-ethyl adjacent to an activating group) is 1. The van der Waals surface area contributed by atoms with Crippen LogP contribution in [-0.2, 0) is 4.74 Å². The van der Waals surface area contributed by atoms with Crippen molar-refractivity contribution in [3.8, 4) is 11.5 Å². The number of oxazole rings is 1. The lowest BCUT2D eigenvalue weighted by Gasteiger charge is -2.12. The number of rotatable bonds is 3. The van der Waals surface area contributed by atoms with Gasteiger partial charge in [-0.3, -0.25) is 0 Å². The number of carbonyl (C=O) groups is 1. The molecule has 1 fully saturated rings. The lowest BCUT2D eigenvalue weighted by Crippen LogP contribution is -2.22. The van der Waals surface area contributed by atoms with Gasteiger partial charge in [-0.1, -0.05) is 23.2 Å². The molecule has 2 aromatic carbocycles. The van der Waals surface area contributed by atoms with Crippen LogP contribution in [0.1, 0.15) is 16.8 Å². The molecule has 26 heavy (non-hydrogen) atoms. The van der Waals surface area contributed by atoms with E-state index in [1.165, 1.54) is 0 Å². The smallest absolute Gasteiger partial charge is 0.338 e. The van der Waals surface area contributed by atoms with Crippen LogP contribution in [0.4, 0.5) is 0 Å². The molecule has 3 aromatic rings. The van der Waals surface area contributed by atoms with E-state index in [9.17, 15) is 4.79 Å². The predicted molar refractivity (Wildman–Crippen MR) is 101 cm³/mol. The molecule has 0 saturated carbocycles. The fourth-order valence-electron chi connectivity index (χ4n) is 3.06. The minimum atomic E-state index is -0.351. The minimum Gasteiger partial charge on any atom is -0.457 e. The van der Waals surface area contributed by atoms with Gasteiger partial charge in [-0.2, -0.15) is 0 Å². The molecule has 1 aliphatic heterocycles. The number of aromatic nitrogens is 1. The number of benzene rings is 2. The highest BCUT2D eigenvalue weighted by atomic mass is 35.5. The second kappa shape index (κ2) is 6.91. The van der Waals surface area contributed by atoms with E-state index in [1.807, 2.05) is 7.05 Å². The maximum atomic E-state index is 12.4. The molecule has 0 unspecified atom stereocenters. The zero-order chi connectivity index (χ0) is 18.3. The second-order valence-electron chi connectivity index (χ2n) is 6.44. The largest absolute Gasteiger partial charge is 0.457 e. The van der Waals surface area contributed by atoms with Crippen molar-refractivity contribution in [2.45, 2.75) is 12.5 Å². The highest BCUT2D eigenvalue weighted by Crippen LogP contribution is 2.29. The number of esters is 1. The third-order valence-corrected chi connectivity index (χ3v) is 4.79. The molecule has 0 radical (unpaired) electrons. The summed E-state index contributed by atoms with van der Waals surface area (Å²) in [5.74, 6) is 0.0447. The van der Waals surface area contributed by atoms with Crippen LogP contribution >= 0.6 is 23.2 Å². The summed E-state index contributed by atoms with van der Waals surface area (Å²) in [4.78, 5) is 19.0. The van der Waals surface area contributed by atoms with Gasteiger partial charge in [-0.15, -0.1) is 0 Å². The maximum Gasteiger partial charge on any atom is 0.338 e. The first kappa shape index (κ1) is 17.3. The third kappa shape index (κ3) is 3.56. The minimum absolute atomic E-state index is 0.0675. The summed E-state index contributed by atoms with van der Waals surface area (Å²) in [7, 11) is 2.01. The van der Waals surface area contributed by atoms with Gasteiger partial charge >= 0.3 is 5.97 Å². The van der Waals surface area contributed by atoms with Crippen LogP contribution in [0.5, 0.6) is 0 Å². The summed E-state index contributed by atoms with van der Waals surface area (Å²) in [6, 6.07) is 10.2. The summed E-state index contributed by atoms with van der Waals surface area (Å²) in [5, 5.41) is 1.00. The van der Waals surface area contributed by atoms with Crippen molar-refractivity contribution in [2.75, 3.05) is 20.1 Å². The molecule has 0 bridgehead atoms. The van der Waals surface area contributed by atoms with Crippen molar-refractivity contribution >= 4 is 40.3 Å². The molecule has 0 amide bonds. The van der Waals surface area contributed by atoms with Crippen molar-refractivity contribution in [3.05, 3.63) is 52.0 Å². The topological polar surface area (TPSA) is 55.6 Å². The van der Waals surface area contributed by atoms with Gasteiger partial charge in [0, 0.05) is 28.7 Å². The standard InChI is InChI=1S/C19H16Cl2N2O3/c1-23-5-4-15(10-23)25-19(24)11-2-3-16-17(8-11)26-18(22-16)12-6-13(20)9-14(21)7-12/h2-3,6-9,15H,4-5,10H2,1H3/t15-/m1/s1. The number of nitrogens with zero attached hydrogens (tertiary/aromatic N) is 2. The summed E-state index contributed by atoms with van der Waals surface area (Å²) >= 11 is 12.1. The van der Waals surface area contributed by atoms with Crippen LogP contribution < -0.4 is 0 Å². The van der Waals surface area contributed by atoms with E-state index >= 15 is 0 Å². The molecule has 7 heteroatoms. The Morgan fingerprint density at radius 2 is 2.00 bits per heavy atom. The Morgan fingerprint density at radius 3 is 2.69 bits per heavy atom. The number of fused-ring (bicyclic) bond motifs is 1. The Labute approximate surface area is 160 Å². The maximum absolute atomic E-state index is 12.4. The normalized spacial score (nSPS) is 17.7. The van der Waals surface area contributed by atoms with Crippen molar-refractivity contribution < 1.29 is 13.9 Å². The van der Waals surface area contributed by atoms with Gasteiger partial charge in [-0.05, 0) is 49.9 Å². The zero-order valence-corrected chi connectivity index (χ0v) is 15.5. The van der Waals surface area contributed by atoms with E-state index < -0.39 is 0 Å². The molecule has 1 aromatic heterocycles. The van der Waals surface area contributed by atoms with Crippen LogP contribution in [0.25, 0.3) is 22.6 Å². The van der Waals surface area contributed by atoms with Crippen molar-refractivity contribution in [3.63, 3.8) is 0 Å². The Hall–Kier alpha value is -2.08. The Morgan fingerprint density at radius 1 is 1.23 bits per heavy atom. The van der Waals surface area contributed by atoms with Crippen LogP contribution in [-0.4, -0.2) is 42.1 Å². The van der Waals surface area contributed by atoms with Crippen molar-refractivity contribution in [2.24, 2.45) is 0 Å². The van der Waals surface area contributed by atoms with Crippen LogP contribution in [0.2, 0.25) is 10.0 Å². The third-order valence-electron chi connectivity index (χ3n) is 4.36. The first-order valence-electron chi connectivity index (χ1n) is 8.24. The number of hydrogen-bond donors (Lipinski definition) is 0. The van der Waals surface area contributed by atoms with Crippen LogP contribution in [0.15, 0.2) is 40.8 Å². The number of likely N-dealkylation sites (tertiary alicyclic amines) is 1. The molecule has 1 atom stereocenters. The van der Waals surface area contributed by atoms with Crippen LogP contribution in [0.3, 0.4) is 0 Å². The fourth-order valence-corrected chi connectivity index (χ4v) is 3.59. The van der Waals surface area contributed by atoms with E-state index in [2.05, 4.69) is 9.88 Å². The van der Waals surface area contributed by atoms with E-state index in [0.717, 1.165) is 19.5 Å². The quantitative estimate of drug-likeness (QED) is 0.608. The Bertz CT molecular complexity index is 966. The van der Waals surface area contributed by atoms with Gasteiger partial charge in [0.2, 0.25) is 5.89 Å². The lowest BCUT2D eigenvalue weighted by atomic mass is 10.2. The second-order valence-corrected chi connectivity index (χ2v) is 7.31. The monoisotopic (exact) mass is 390 g/mol. The summed E-state index contributed by atoms with van der Waals surface area (Å²) < 4.78 is 11.4. The molecule has 0 aliphatic carbocycles. The van der Waals surface area contributed by atoms with E-state index in [4.69, 9.17) is 32.4 Å². The summed E-state index contributed by atoms with van der Waals surface area (Å²) in [5.41, 5.74) is 2.28. The van der Waals surface area contributed by atoms with Gasteiger partial charge in [0.05, 0.1) is 5.56 Å². The molecule has 0 N–H and O–H groups in total. The number of carbonyl (C=O) groups excluding carboxylic acids is 1. The van der Waals surface area contributed by atoms with Gasteiger partial charge in [0.1, 0.15) is 11.6 Å². The molecular formula is C19H16Cl2N2O3. The molecule has 4 rings (SSSR count). The van der Waals surface area contributed by atoms with Crippen LogP contribution in [0, 0.1) is 0 Å². The molecule has 5 nitrogen and oxygen atoms in total. The van der Waals surface area contributed by atoms with Gasteiger partial charge in [-0.25, -0.2) is 9.78 Å². The first-order chi connectivity index (χ1) is 12.5. The highest BCUT2D eigenvalue weighted by Gasteiger charge is 2.24. The van der Waals surface area contributed by atoms with Crippen molar-refractivity contribution in [1.29, 1.82) is 0 Å². The molecular weight excluding hydrogens is 375 g/mol. The highest BCUT2D eigenvalue weighted by molar-refractivity contribution is 6.35. The average molecular weight is 391 g/mol. The van der Waals surface area contributed by atoms with E-state index in [1.54, 1.807) is 36.4 Å². The average Bonchev–Trinajstić information content (AvgIpc) is 3.19. The molecule has 1 saturated heterocycles. The SMILES string of the molecule is CN1CC[C@@H](OC(=O)c2ccc3nc(-c4cc(Cl)cc(Cl)c4)oc3c2)C1. The van der Waals surface area contributed by atoms with Gasteiger partial charge < -0.3 is 14.1 Å². The molecule has 134 valence electrons. The molecule has 2 heterocycles. The zero-order valence-electron chi connectivity index (χ0n) is 14.0. The fraction of sp³-hybridized carbons (Fsp3) is 0.263. The Balaban J connectivity index is 1.60.